The van der Waals surface area contributed by atoms with Gasteiger partial charge in [-0.1, -0.05) is 6.08 Å². The number of rotatable bonds is 8. The van der Waals surface area contributed by atoms with Crippen molar-refractivity contribution in [1.29, 1.82) is 0 Å². The van der Waals surface area contributed by atoms with Crippen LogP contribution in [0.3, 0.4) is 0 Å². The number of hydrogen-bond donors (Lipinski definition) is 2. The minimum absolute atomic E-state index is 0.0129. The molecule has 36 heavy (non-hydrogen) atoms. The Kier molecular flexibility index (Phi) is 6.60. The molecular weight excluding hydrogens is 467 g/mol. The molecule has 0 aliphatic carbocycles. The van der Waals surface area contributed by atoms with Crippen LogP contribution >= 0.6 is 0 Å². The van der Waals surface area contributed by atoms with Gasteiger partial charge < -0.3 is 29.2 Å². The van der Waals surface area contributed by atoms with Crippen LogP contribution in [0.15, 0.2) is 46.9 Å². The van der Waals surface area contributed by atoms with Crippen LogP contribution < -0.4 is 14.8 Å². The number of aryl methyl sites for hydroxylation is 1. The van der Waals surface area contributed by atoms with Crippen LogP contribution in [0.25, 0.3) is 5.70 Å². The number of nitrogens with one attached hydrogen (secondary N) is 1. The molecule has 2 aliphatic heterocycles. The average molecular weight is 495 g/mol. The lowest BCUT2D eigenvalue weighted by Crippen LogP contribution is -2.42. The fraction of sp³-hybridized carbons (Fsp3) is 0.346. The highest BCUT2D eigenvalue weighted by Gasteiger charge is 2.25. The van der Waals surface area contributed by atoms with Crippen molar-refractivity contribution < 1.29 is 28.2 Å². The molecular formula is C26H27FN4O5. The molecule has 2 N–H and O–H groups in total. The molecule has 1 saturated heterocycles. The van der Waals surface area contributed by atoms with Crippen LogP contribution in [0.4, 0.5) is 4.39 Å². The van der Waals surface area contributed by atoms with Crippen molar-refractivity contribution >= 4 is 11.6 Å². The Morgan fingerprint density at radius 2 is 2.06 bits per heavy atom. The fourth-order valence-electron chi connectivity index (χ4n) is 4.03. The van der Waals surface area contributed by atoms with Crippen molar-refractivity contribution in [2.24, 2.45) is 0 Å². The largest absolute Gasteiger partial charge is 0.488 e. The number of aromatic nitrogens is 2. The van der Waals surface area contributed by atoms with Gasteiger partial charge in [-0.05, 0) is 50.1 Å². The molecule has 2 atom stereocenters. The Labute approximate surface area is 207 Å². The van der Waals surface area contributed by atoms with Gasteiger partial charge in [0, 0.05) is 42.9 Å². The summed E-state index contributed by atoms with van der Waals surface area (Å²) < 4.78 is 32.1. The van der Waals surface area contributed by atoms with Crippen LogP contribution in [-0.4, -0.2) is 51.9 Å². The van der Waals surface area contributed by atoms with E-state index >= 15 is 0 Å². The summed E-state index contributed by atoms with van der Waals surface area (Å²) in [7, 11) is 0. The Hall–Kier alpha value is -3.92. The van der Waals surface area contributed by atoms with Gasteiger partial charge >= 0.3 is 0 Å². The van der Waals surface area contributed by atoms with E-state index in [9.17, 15) is 14.3 Å². The second-order valence-corrected chi connectivity index (χ2v) is 8.91. The first kappa shape index (κ1) is 23.8. The molecule has 0 saturated carbocycles. The second kappa shape index (κ2) is 9.98. The third-order valence-corrected chi connectivity index (χ3v) is 6.06. The molecule has 5 rings (SSSR count). The first-order chi connectivity index (χ1) is 17.4. The van der Waals surface area contributed by atoms with E-state index in [1.807, 2.05) is 12.1 Å². The van der Waals surface area contributed by atoms with Gasteiger partial charge in [0.25, 0.3) is 5.91 Å². The zero-order valence-electron chi connectivity index (χ0n) is 20.0. The monoisotopic (exact) mass is 494 g/mol. The summed E-state index contributed by atoms with van der Waals surface area (Å²) in [5, 5.41) is 20.8. The van der Waals surface area contributed by atoms with E-state index in [1.165, 1.54) is 12.1 Å². The lowest BCUT2D eigenvalue weighted by molar-refractivity contribution is 0.0651. The maximum absolute atomic E-state index is 14.9. The van der Waals surface area contributed by atoms with Gasteiger partial charge in [-0.2, -0.15) is 0 Å². The number of nitrogens with zero attached hydrogens (tertiary/aromatic N) is 3. The van der Waals surface area contributed by atoms with Gasteiger partial charge in [0.05, 0.1) is 6.61 Å². The zero-order chi connectivity index (χ0) is 25.2. The topological polar surface area (TPSA) is 110 Å². The number of aliphatic hydroxyl groups is 1. The lowest BCUT2D eigenvalue weighted by Gasteiger charge is -2.30. The number of halogens is 1. The van der Waals surface area contributed by atoms with E-state index in [-0.39, 0.29) is 29.9 Å². The van der Waals surface area contributed by atoms with Crippen molar-refractivity contribution in [3.05, 3.63) is 71.2 Å². The molecule has 1 aromatic heterocycles. The summed E-state index contributed by atoms with van der Waals surface area (Å²) in [5.74, 6) is 0.939. The van der Waals surface area contributed by atoms with E-state index in [0.717, 1.165) is 17.7 Å². The molecule has 2 aromatic carbocycles. The minimum Gasteiger partial charge on any atom is -0.488 e. The summed E-state index contributed by atoms with van der Waals surface area (Å²) in [4.78, 5) is 14.1. The normalized spacial score (nSPS) is 17.7. The van der Waals surface area contributed by atoms with Crippen LogP contribution in [0, 0.1) is 12.7 Å². The molecule has 1 unspecified atom stereocenters. The summed E-state index contributed by atoms with van der Waals surface area (Å²) >= 11 is 0. The Morgan fingerprint density at radius 1 is 1.25 bits per heavy atom. The quantitative estimate of drug-likeness (QED) is 0.484. The smallest absolute Gasteiger partial charge is 0.253 e. The zero-order valence-corrected chi connectivity index (χ0v) is 20.0. The standard InChI is InChI=1S/C26H27FN4O5/c1-15(14-32)34-19-10-18(22-5-6-23(28-22)25-30-29-16(2)35-25)11-20(13-19)36-24-7-4-17(12-21(24)27)26(33)31-8-3-9-31/h4-5,7,10-13,15,23,28,32H,3,6,8-9,14H2,1-2H3/t15-,23?/m0/s1. The summed E-state index contributed by atoms with van der Waals surface area (Å²) in [6.07, 6.45) is 3.16. The second-order valence-electron chi connectivity index (χ2n) is 8.91. The third kappa shape index (κ3) is 5.03. The van der Waals surface area contributed by atoms with Gasteiger partial charge in [-0.3, -0.25) is 4.79 Å². The molecule has 10 heteroatoms. The number of likely N-dealkylation sites (tertiary alicyclic amines) is 1. The predicted molar refractivity (Wildman–Crippen MR) is 128 cm³/mol. The summed E-state index contributed by atoms with van der Waals surface area (Å²) in [5.41, 5.74) is 1.84. The van der Waals surface area contributed by atoms with Gasteiger partial charge in [0.15, 0.2) is 11.6 Å². The first-order valence-corrected chi connectivity index (χ1v) is 11.9. The number of amides is 1. The number of aliphatic hydroxyl groups excluding tert-OH is 1. The minimum atomic E-state index is -0.636. The molecule has 1 amide bonds. The van der Waals surface area contributed by atoms with E-state index in [1.54, 1.807) is 36.9 Å². The predicted octanol–water partition coefficient (Wildman–Crippen LogP) is 3.99. The maximum Gasteiger partial charge on any atom is 0.253 e. The number of hydrogen-bond acceptors (Lipinski definition) is 8. The molecule has 0 spiro atoms. The van der Waals surface area contributed by atoms with E-state index in [4.69, 9.17) is 13.9 Å². The van der Waals surface area contributed by atoms with Crippen LogP contribution in [-0.2, 0) is 0 Å². The highest BCUT2D eigenvalue weighted by Crippen LogP contribution is 2.35. The average Bonchev–Trinajstić information content (AvgIpc) is 3.48. The molecule has 3 heterocycles. The SMILES string of the molecule is Cc1nnc(C2CC=C(c3cc(Oc4ccc(C(=O)N5CCC5)cc4F)cc(O[C@@H](C)CO)c3)N2)o1. The van der Waals surface area contributed by atoms with Gasteiger partial charge in [-0.25, -0.2) is 4.39 Å². The van der Waals surface area contributed by atoms with Crippen LogP contribution in [0.1, 0.15) is 53.5 Å². The molecule has 9 nitrogen and oxygen atoms in total. The number of benzene rings is 2. The van der Waals surface area contributed by atoms with Crippen molar-refractivity contribution in [1.82, 2.24) is 20.4 Å². The van der Waals surface area contributed by atoms with Crippen LogP contribution in [0.2, 0.25) is 0 Å². The van der Waals surface area contributed by atoms with Crippen molar-refractivity contribution in [3.63, 3.8) is 0 Å². The first-order valence-electron chi connectivity index (χ1n) is 11.9. The highest BCUT2D eigenvalue weighted by atomic mass is 19.1. The van der Waals surface area contributed by atoms with E-state index < -0.39 is 11.9 Å². The van der Waals surface area contributed by atoms with Crippen molar-refractivity contribution in [2.45, 2.75) is 38.8 Å². The van der Waals surface area contributed by atoms with Crippen molar-refractivity contribution in [3.8, 4) is 17.2 Å². The fourth-order valence-corrected chi connectivity index (χ4v) is 4.03. The molecule has 0 radical (unpaired) electrons. The highest BCUT2D eigenvalue weighted by molar-refractivity contribution is 5.94. The molecule has 3 aromatic rings. The molecule has 0 bridgehead atoms. The maximum atomic E-state index is 14.9. The molecule has 1 fully saturated rings. The lowest BCUT2D eigenvalue weighted by atomic mass is 10.1. The van der Waals surface area contributed by atoms with Gasteiger partial charge in [-0.15, -0.1) is 10.2 Å². The molecule has 188 valence electrons. The Bertz CT molecular complexity index is 1300. The molecule has 2 aliphatic rings. The Morgan fingerprint density at radius 3 is 2.72 bits per heavy atom. The third-order valence-electron chi connectivity index (χ3n) is 6.06. The Balaban J connectivity index is 1.38. The number of carbonyl (C=O) groups is 1. The van der Waals surface area contributed by atoms with Gasteiger partial charge in [0.1, 0.15) is 23.6 Å². The number of carbonyl (C=O) groups excluding carboxylic acids is 1. The van der Waals surface area contributed by atoms with Crippen LogP contribution in [0.5, 0.6) is 17.2 Å². The van der Waals surface area contributed by atoms with E-state index in [2.05, 4.69) is 15.5 Å². The summed E-state index contributed by atoms with van der Waals surface area (Å²) in [6.45, 7) is 4.69. The van der Waals surface area contributed by atoms with E-state index in [0.29, 0.717) is 42.8 Å². The number of ether oxygens (including phenoxy) is 2. The summed E-state index contributed by atoms with van der Waals surface area (Å²) in [6, 6.07) is 9.24. The van der Waals surface area contributed by atoms with Gasteiger partial charge in [0.2, 0.25) is 11.8 Å². The van der Waals surface area contributed by atoms with Crippen molar-refractivity contribution in [2.75, 3.05) is 19.7 Å².